The summed E-state index contributed by atoms with van der Waals surface area (Å²) in [5, 5.41) is 3.63. The van der Waals surface area contributed by atoms with Gasteiger partial charge in [0, 0.05) is 35.8 Å². The first kappa shape index (κ1) is 15.8. The molecule has 112 valence electrons. The predicted octanol–water partition coefficient (Wildman–Crippen LogP) is 3.76. The van der Waals surface area contributed by atoms with E-state index in [-0.39, 0.29) is 5.54 Å². The Kier molecular flexibility index (Phi) is 5.08. The van der Waals surface area contributed by atoms with Crippen molar-refractivity contribution in [3.05, 3.63) is 22.3 Å². The lowest BCUT2D eigenvalue weighted by molar-refractivity contribution is 0.334. The number of piperidine rings is 1. The van der Waals surface area contributed by atoms with Crippen LogP contribution in [0, 0.1) is 12.8 Å². The quantitative estimate of drug-likeness (QED) is 0.908. The van der Waals surface area contributed by atoms with E-state index in [4.69, 9.17) is 0 Å². The number of nitrogens with one attached hydrogen (secondary N) is 1. The van der Waals surface area contributed by atoms with Crippen LogP contribution in [-0.4, -0.2) is 30.2 Å². The second kappa shape index (κ2) is 6.44. The molecule has 1 aromatic rings. The molecule has 1 aliphatic rings. The molecule has 1 N–H and O–H groups in total. The van der Waals surface area contributed by atoms with Crippen molar-refractivity contribution in [3.8, 4) is 0 Å². The number of nitrogens with zero attached hydrogens (tertiary/aromatic N) is 2. The van der Waals surface area contributed by atoms with Gasteiger partial charge in [0.2, 0.25) is 0 Å². The largest absolute Gasteiger partial charge is 0.356 e. The van der Waals surface area contributed by atoms with Gasteiger partial charge in [0.25, 0.3) is 0 Å². The first-order valence-electron chi connectivity index (χ1n) is 7.47. The minimum Gasteiger partial charge on any atom is -0.356 e. The van der Waals surface area contributed by atoms with E-state index < -0.39 is 0 Å². The van der Waals surface area contributed by atoms with Gasteiger partial charge in [0.15, 0.2) is 0 Å². The normalized spacial score (nSPS) is 20.2. The first-order valence-corrected chi connectivity index (χ1v) is 8.26. The number of aromatic nitrogens is 1. The van der Waals surface area contributed by atoms with Crippen LogP contribution in [0.4, 0.5) is 5.82 Å². The Morgan fingerprint density at radius 2 is 2.20 bits per heavy atom. The second-order valence-electron chi connectivity index (χ2n) is 6.88. The minimum atomic E-state index is 0.202. The molecule has 1 unspecified atom stereocenters. The molecule has 2 rings (SSSR count). The van der Waals surface area contributed by atoms with Gasteiger partial charge in [-0.2, -0.15) is 0 Å². The highest BCUT2D eigenvalue weighted by Crippen LogP contribution is 2.26. The van der Waals surface area contributed by atoms with Gasteiger partial charge in [-0.3, -0.25) is 0 Å². The molecule has 0 spiro atoms. The number of rotatable bonds is 3. The Morgan fingerprint density at radius 3 is 2.85 bits per heavy atom. The molecule has 2 heterocycles. The summed E-state index contributed by atoms with van der Waals surface area (Å²) in [6, 6.07) is 2.15. The third-order valence-corrected chi connectivity index (χ3v) is 4.19. The summed E-state index contributed by atoms with van der Waals surface area (Å²) in [7, 11) is 0. The smallest absolute Gasteiger partial charge is 0.131 e. The summed E-state index contributed by atoms with van der Waals surface area (Å²) in [6.45, 7) is 12.2. The van der Waals surface area contributed by atoms with Gasteiger partial charge < -0.3 is 10.2 Å². The molecule has 20 heavy (non-hydrogen) atoms. The van der Waals surface area contributed by atoms with Crippen LogP contribution in [0.3, 0.4) is 0 Å². The maximum Gasteiger partial charge on any atom is 0.131 e. The Labute approximate surface area is 131 Å². The number of hydrogen-bond donors (Lipinski definition) is 1. The molecular formula is C16H26BrN3. The maximum absolute atomic E-state index is 4.60. The summed E-state index contributed by atoms with van der Waals surface area (Å²) in [5.74, 6) is 1.86. The molecule has 0 aromatic carbocycles. The van der Waals surface area contributed by atoms with Crippen LogP contribution in [0.1, 0.15) is 39.2 Å². The van der Waals surface area contributed by atoms with Crippen molar-refractivity contribution in [2.75, 3.05) is 24.5 Å². The van der Waals surface area contributed by atoms with E-state index in [2.05, 4.69) is 64.9 Å². The third kappa shape index (κ3) is 4.45. The van der Waals surface area contributed by atoms with E-state index in [0.29, 0.717) is 5.92 Å². The number of anilines is 1. The van der Waals surface area contributed by atoms with Crippen LogP contribution < -0.4 is 10.2 Å². The van der Waals surface area contributed by atoms with Gasteiger partial charge in [0.05, 0.1) is 0 Å². The van der Waals surface area contributed by atoms with Crippen LogP contribution in [0.5, 0.6) is 0 Å². The number of halogens is 1. The van der Waals surface area contributed by atoms with Gasteiger partial charge in [-0.05, 0) is 74.0 Å². The Bertz CT molecular complexity index is 454. The van der Waals surface area contributed by atoms with E-state index in [0.717, 1.165) is 29.9 Å². The molecule has 0 bridgehead atoms. The van der Waals surface area contributed by atoms with E-state index in [9.17, 15) is 0 Å². The van der Waals surface area contributed by atoms with Crippen molar-refractivity contribution < 1.29 is 0 Å². The molecule has 4 heteroatoms. The van der Waals surface area contributed by atoms with Crippen molar-refractivity contribution in [1.82, 2.24) is 10.3 Å². The first-order chi connectivity index (χ1) is 9.35. The SMILES string of the molecule is Cc1cc(Br)cnc1N1CCCC(CNC(C)(C)C)C1. The lowest BCUT2D eigenvalue weighted by Gasteiger charge is -2.36. The lowest BCUT2D eigenvalue weighted by atomic mass is 9.96. The summed E-state index contributed by atoms with van der Waals surface area (Å²) in [5.41, 5.74) is 1.46. The summed E-state index contributed by atoms with van der Waals surface area (Å²) in [6.07, 6.45) is 4.47. The van der Waals surface area contributed by atoms with E-state index in [1.54, 1.807) is 0 Å². The molecule has 1 atom stereocenters. The topological polar surface area (TPSA) is 28.2 Å². The minimum absolute atomic E-state index is 0.202. The Balaban J connectivity index is 1.99. The fraction of sp³-hybridized carbons (Fsp3) is 0.688. The molecule has 0 aliphatic carbocycles. The van der Waals surface area contributed by atoms with E-state index >= 15 is 0 Å². The fourth-order valence-electron chi connectivity index (χ4n) is 2.74. The van der Waals surface area contributed by atoms with Gasteiger partial charge in [-0.15, -0.1) is 0 Å². The average Bonchev–Trinajstić information content (AvgIpc) is 2.36. The number of pyridine rings is 1. The molecule has 0 amide bonds. The molecule has 1 fully saturated rings. The maximum atomic E-state index is 4.60. The third-order valence-electron chi connectivity index (χ3n) is 3.76. The van der Waals surface area contributed by atoms with Crippen LogP contribution in [-0.2, 0) is 0 Å². The predicted molar refractivity (Wildman–Crippen MR) is 89.4 cm³/mol. The lowest BCUT2D eigenvalue weighted by Crippen LogP contribution is -2.45. The highest BCUT2D eigenvalue weighted by Gasteiger charge is 2.23. The van der Waals surface area contributed by atoms with Crippen LogP contribution >= 0.6 is 15.9 Å². The zero-order valence-corrected chi connectivity index (χ0v) is 14.6. The van der Waals surface area contributed by atoms with Gasteiger partial charge in [-0.25, -0.2) is 4.98 Å². The van der Waals surface area contributed by atoms with Crippen molar-refractivity contribution in [3.63, 3.8) is 0 Å². The Hall–Kier alpha value is -0.610. The van der Waals surface area contributed by atoms with Gasteiger partial charge in [-0.1, -0.05) is 0 Å². The van der Waals surface area contributed by atoms with Crippen LogP contribution in [0.25, 0.3) is 0 Å². The van der Waals surface area contributed by atoms with E-state index in [1.165, 1.54) is 18.4 Å². The standard InChI is InChI=1S/C16H26BrN3/c1-12-8-14(17)10-18-15(12)20-7-5-6-13(11-20)9-19-16(2,3)4/h8,10,13,19H,5-7,9,11H2,1-4H3. The fourth-order valence-corrected chi connectivity index (χ4v) is 3.18. The van der Waals surface area contributed by atoms with Gasteiger partial charge >= 0.3 is 0 Å². The second-order valence-corrected chi connectivity index (χ2v) is 7.79. The highest BCUT2D eigenvalue weighted by molar-refractivity contribution is 9.10. The monoisotopic (exact) mass is 339 g/mol. The average molecular weight is 340 g/mol. The van der Waals surface area contributed by atoms with Crippen molar-refractivity contribution in [1.29, 1.82) is 0 Å². The highest BCUT2D eigenvalue weighted by atomic mass is 79.9. The molecule has 1 aromatic heterocycles. The molecule has 3 nitrogen and oxygen atoms in total. The zero-order valence-electron chi connectivity index (χ0n) is 13.0. The van der Waals surface area contributed by atoms with Crippen LogP contribution in [0.2, 0.25) is 0 Å². The molecular weight excluding hydrogens is 314 g/mol. The Morgan fingerprint density at radius 1 is 1.45 bits per heavy atom. The number of aryl methyl sites for hydroxylation is 1. The zero-order chi connectivity index (χ0) is 14.8. The summed E-state index contributed by atoms with van der Waals surface area (Å²) < 4.78 is 1.06. The van der Waals surface area contributed by atoms with E-state index in [1.807, 2.05) is 6.20 Å². The van der Waals surface area contributed by atoms with Crippen molar-refractivity contribution in [2.45, 2.75) is 46.1 Å². The van der Waals surface area contributed by atoms with Gasteiger partial charge in [0.1, 0.15) is 5.82 Å². The molecule has 1 aliphatic heterocycles. The summed E-state index contributed by atoms with van der Waals surface area (Å²) in [4.78, 5) is 7.05. The van der Waals surface area contributed by atoms with Crippen molar-refractivity contribution >= 4 is 21.7 Å². The van der Waals surface area contributed by atoms with Crippen LogP contribution in [0.15, 0.2) is 16.7 Å². The molecule has 0 saturated carbocycles. The molecule has 0 radical (unpaired) electrons. The van der Waals surface area contributed by atoms with Crippen molar-refractivity contribution in [2.24, 2.45) is 5.92 Å². The summed E-state index contributed by atoms with van der Waals surface area (Å²) >= 11 is 3.49. The molecule has 1 saturated heterocycles. The number of hydrogen-bond acceptors (Lipinski definition) is 3.